The van der Waals surface area contributed by atoms with Crippen LogP contribution in [0.25, 0.3) is 6.08 Å². The number of amides is 3. The zero-order chi connectivity index (χ0) is 21.5. The number of methoxy groups -OCH3 is 2. The van der Waals surface area contributed by atoms with Gasteiger partial charge in [0.1, 0.15) is 5.57 Å². The molecule has 0 aromatic heterocycles. The molecule has 0 unspecified atom stereocenters. The van der Waals surface area contributed by atoms with Gasteiger partial charge in [-0.25, -0.2) is 10.4 Å². The smallest absolute Gasteiger partial charge is 0.287 e. The number of nitrogens with one attached hydrogen (secondary N) is 2. The number of rotatable bonds is 6. The zero-order valence-electron chi connectivity index (χ0n) is 16.3. The molecule has 0 saturated carbocycles. The maximum atomic E-state index is 12.2. The van der Waals surface area contributed by atoms with E-state index >= 15 is 0 Å². The third kappa shape index (κ3) is 4.78. The largest absolute Gasteiger partial charge is 0.493 e. The summed E-state index contributed by atoms with van der Waals surface area (Å²) in [6.45, 7) is -0.321. The third-order valence-corrected chi connectivity index (χ3v) is 4.10. The molecule has 0 spiro atoms. The van der Waals surface area contributed by atoms with Crippen LogP contribution in [0.15, 0.2) is 58.1 Å². The molecule has 0 aliphatic carbocycles. The van der Waals surface area contributed by atoms with E-state index in [0.717, 1.165) is 5.22 Å². The Balaban J connectivity index is 1.60. The fourth-order valence-corrected chi connectivity index (χ4v) is 2.61. The highest BCUT2D eigenvalue weighted by Gasteiger charge is 2.12. The van der Waals surface area contributed by atoms with Gasteiger partial charge in [-0.1, -0.05) is 18.2 Å². The van der Waals surface area contributed by atoms with Gasteiger partial charge in [-0.05, 0) is 30.3 Å². The molecule has 0 saturated heterocycles. The number of fused-ring (bicyclic) bond motifs is 1. The average Bonchev–Trinajstić information content (AvgIpc) is 2.77. The lowest BCUT2D eigenvalue weighted by Crippen LogP contribution is -2.35. The molecule has 3 amide bonds. The summed E-state index contributed by atoms with van der Waals surface area (Å²) in [7, 11) is 2.95. The highest BCUT2D eigenvalue weighted by molar-refractivity contribution is 6.10. The van der Waals surface area contributed by atoms with Gasteiger partial charge < -0.3 is 14.8 Å². The van der Waals surface area contributed by atoms with Crippen LogP contribution in [0.1, 0.15) is 10.4 Å². The zero-order valence-corrected chi connectivity index (χ0v) is 16.3. The summed E-state index contributed by atoms with van der Waals surface area (Å²) in [6.07, 6.45) is 1.58. The van der Waals surface area contributed by atoms with Crippen LogP contribution in [-0.4, -0.2) is 44.4 Å². The van der Waals surface area contributed by atoms with Crippen LogP contribution in [0.5, 0.6) is 11.5 Å². The van der Waals surface area contributed by atoms with Gasteiger partial charge in [-0.15, -0.1) is 5.10 Å². The molecule has 2 N–H and O–H groups in total. The normalized spacial score (nSPS) is 11.8. The molecule has 2 aromatic carbocycles. The van der Waals surface area contributed by atoms with Crippen molar-refractivity contribution in [2.45, 2.75) is 0 Å². The molecule has 152 valence electrons. The number of carbonyl (C=O) groups excluding carboxylic acids is 3. The third-order valence-electron chi connectivity index (χ3n) is 4.10. The van der Waals surface area contributed by atoms with Gasteiger partial charge in [0.2, 0.25) is 0 Å². The van der Waals surface area contributed by atoms with Crippen molar-refractivity contribution in [1.29, 1.82) is 0 Å². The summed E-state index contributed by atoms with van der Waals surface area (Å²) >= 11 is 0. The summed E-state index contributed by atoms with van der Waals surface area (Å²) in [5, 5.41) is 7.41. The number of hydrogen-bond acceptors (Lipinski definition) is 6. The lowest BCUT2D eigenvalue weighted by atomic mass is 10.1. The molecule has 1 heterocycles. The highest BCUT2D eigenvalue weighted by Crippen LogP contribution is 2.27. The predicted octanol–water partition coefficient (Wildman–Crippen LogP) is -0.299. The van der Waals surface area contributed by atoms with Crippen molar-refractivity contribution >= 4 is 29.7 Å². The molecule has 1 aliphatic rings. The molecule has 0 fully saturated rings. The predicted molar refractivity (Wildman–Crippen MR) is 108 cm³/mol. The topological polar surface area (TPSA) is 118 Å². The summed E-state index contributed by atoms with van der Waals surface area (Å²) in [6, 6.07) is 11.8. The quantitative estimate of drug-likeness (QED) is 0.388. The number of carbonyl (C=O) groups is 3. The van der Waals surface area contributed by atoms with Gasteiger partial charge in [0.05, 0.1) is 26.1 Å². The number of para-hydroxylation sites is 1. The van der Waals surface area contributed by atoms with Crippen molar-refractivity contribution in [3.63, 3.8) is 0 Å². The minimum Gasteiger partial charge on any atom is -0.493 e. The second-order valence-corrected chi connectivity index (χ2v) is 6.04. The van der Waals surface area contributed by atoms with E-state index in [1.54, 1.807) is 36.4 Å². The lowest BCUT2D eigenvalue weighted by molar-refractivity contribution is -0.120. The van der Waals surface area contributed by atoms with Gasteiger partial charge in [-0.2, -0.15) is 0 Å². The molecule has 3 rings (SSSR count). The minimum atomic E-state index is -0.586. The van der Waals surface area contributed by atoms with Crippen molar-refractivity contribution in [2.75, 3.05) is 20.8 Å². The van der Waals surface area contributed by atoms with Crippen LogP contribution in [0.2, 0.25) is 0 Å². The monoisotopic (exact) mass is 406 g/mol. The molecule has 0 atom stereocenters. The van der Waals surface area contributed by atoms with E-state index in [2.05, 4.69) is 26.7 Å². The van der Waals surface area contributed by atoms with Crippen molar-refractivity contribution < 1.29 is 23.9 Å². The maximum absolute atomic E-state index is 12.2. The van der Waals surface area contributed by atoms with E-state index in [1.165, 1.54) is 20.3 Å². The van der Waals surface area contributed by atoms with Gasteiger partial charge in [0, 0.05) is 16.7 Å². The number of benzene rings is 2. The van der Waals surface area contributed by atoms with Gasteiger partial charge >= 0.3 is 0 Å². The Morgan fingerprint density at radius 3 is 2.63 bits per heavy atom. The van der Waals surface area contributed by atoms with Crippen molar-refractivity contribution in [3.8, 4) is 11.5 Å². The number of hydrazone groups is 1. The fraction of sp³-hybridized carbons (Fsp3) is 0.143. The van der Waals surface area contributed by atoms with Gasteiger partial charge in [-0.3, -0.25) is 14.4 Å². The molecule has 2 aromatic rings. The van der Waals surface area contributed by atoms with Crippen LogP contribution in [0, 0.1) is 0 Å². The average molecular weight is 406 g/mol. The Kier molecular flexibility index (Phi) is 6.36. The van der Waals surface area contributed by atoms with E-state index in [-0.39, 0.29) is 12.1 Å². The molecular weight excluding hydrogens is 388 g/mol. The van der Waals surface area contributed by atoms with Crippen LogP contribution >= 0.6 is 0 Å². The second-order valence-electron chi connectivity index (χ2n) is 6.04. The van der Waals surface area contributed by atoms with E-state index < -0.39 is 17.7 Å². The molecule has 30 heavy (non-hydrogen) atoms. The van der Waals surface area contributed by atoms with Crippen LogP contribution in [-0.2, 0) is 9.59 Å². The van der Waals surface area contributed by atoms with E-state index in [4.69, 9.17) is 9.47 Å². The first-order valence-corrected chi connectivity index (χ1v) is 8.83. The standard InChI is InChI=1S/C21H18N4O5/c1-29-17-8-7-14(10-18(17)30-2)20(27)22-12-19(26)25-23-11-15-9-13-5-3-4-6-16(13)24-21(15)28/h3-10H,12H2,1-2H3,(H,22,27)(H,25,26). The Bertz CT molecular complexity index is 1200. The lowest BCUT2D eigenvalue weighted by Gasteiger charge is -2.09. The molecule has 9 nitrogen and oxygen atoms in total. The second kappa shape index (κ2) is 9.31. The molecular formula is C21H18N4O5. The van der Waals surface area contributed by atoms with Gasteiger partial charge in [0.15, 0.2) is 11.5 Å². The van der Waals surface area contributed by atoms with E-state index in [9.17, 15) is 14.4 Å². The molecule has 9 heteroatoms. The number of nitrogens with zero attached hydrogens (tertiary/aromatic N) is 2. The van der Waals surface area contributed by atoms with E-state index in [1.807, 2.05) is 6.07 Å². The first-order valence-electron chi connectivity index (χ1n) is 8.83. The van der Waals surface area contributed by atoms with Crippen LogP contribution in [0.4, 0.5) is 0 Å². The molecule has 0 radical (unpaired) electrons. The Morgan fingerprint density at radius 1 is 1.10 bits per heavy atom. The van der Waals surface area contributed by atoms with Crippen molar-refractivity contribution in [3.05, 3.63) is 64.2 Å². The Labute approximate surface area is 171 Å². The van der Waals surface area contributed by atoms with Crippen molar-refractivity contribution in [2.24, 2.45) is 10.1 Å². The summed E-state index contributed by atoms with van der Waals surface area (Å²) in [4.78, 5) is 40.0. The van der Waals surface area contributed by atoms with E-state index in [0.29, 0.717) is 22.4 Å². The maximum Gasteiger partial charge on any atom is 0.287 e. The minimum absolute atomic E-state index is 0.114. The summed E-state index contributed by atoms with van der Waals surface area (Å²) in [5.74, 6) is 1.77. The fourth-order valence-electron chi connectivity index (χ4n) is 2.61. The number of hydrogen-bond donors (Lipinski definition) is 2. The molecule has 1 aliphatic heterocycles. The summed E-state index contributed by atoms with van der Waals surface area (Å²) < 4.78 is 10.3. The summed E-state index contributed by atoms with van der Waals surface area (Å²) in [5.41, 5.74) is 2.62. The Morgan fingerprint density at radius 2 is 1.87 bits per heavy atom. The van der Waals surface area contributed by atoms with Crippen molar-refractivity contribution in [1.82, 2.24) is 10.7 Å². The van der Waals surface area contributed by atoms with Gasteiger partial charge in [0.25, 0.3) is 17.7 Å². The van der Waals surface area contributed by atoms with Crippen LogP contribution in [0.3, 0.4) is 0 Å². The highest BCUT2D eigenvalue weighted by atomic mass is 16.5. The first kappa shape index (κ1) is 20.5. The van der Waals surface area contributed by atoms with Crippen LogP contribution < -0.4 is 30.8 Å². The SMILES string of the molecule is COc1ccc(C(=O)NCC(=O)NN=C=C2C=c3ccccc3=NC2=O)cc1OC. The molecule has 0 bridgehead atoms. The Hall–Kier alpha value is -4.23. The number of ether oxygens (including phenoxy) is 2. The first-order chi connectivity index (χ1) is 14.5.